The van der Waals surface area contributed by atoms with E-state index in [0.29, 0.717) is 25.6 Å². The van der Waals surface area contributed by atoms with Gasteiger partial charge in [0.05, 0.1) is 0 Å². The second kappa shape index (κ2) is 4.97. The van der Waals surface area contributed by atoms with Crippen LogP contribution in [-0.4, -0.2) is 47.7 Å². The molecule has 1 saturated heterocycles. The lowest BCUT2D eigenvalue weighted by atomic mass is 10.1. The fraction of sp³-hybridized carbons (Fsp3) is 0.778. The van der Waals surface area contributed by atoms with Gasteiger partial charge in [-0.15, -0.1) is 0 Å². The molecule has 2 atom stereocenters. The normalized spacial score (nSPS) is 22.5. The first-order valence-corrected chi connectivity index (χ1v) is 5.03. The first-order valence-electron chi connectivity index (χ1n) is 5.03. The molecule has 4 N–H and O–H groups in total. The Morgan fingerprint density at radius 2 is 2.33 bits per heavy atom. The predicted molar refractivity (Wildman–Crippen MR) is 54.4 cm³/mol. The molecule has 1 fully saturated rings. The summed E-state index contributed by atoms with van der Waals surface area (Å²) >= 11 is 0. The summed E-state index contributed by atoms with van der Waals surface area (Å²) in [6, 6.07) is -1.17. The molecule has 0 bridgehead atoms. The van der Waals surface area contributed by atoms with E-state index >= 15 is 0 Å². The zero-order valence-corrected chi connectivity index (χ0v) is 8.77. The molecule has 6 nitrogen and oxygen atoms in total. The second-order valence-electron chi connectivity index (χ2n) is 3.85. The van der Waals surface area contributed by atoms with Crippen LogP contribution in [0.2, 0.25) is 0 Å². The average Bonchev–Trinajstić information content (AvgIpc) is 2.65. The Labute approximate surface area is 88.4 Å². The Balaban J connectivity index is 2.38. The Bertz CT molecular complexity index is 257. The minimum absolute atomic E-state index is 0.319. The molecular weight excluding hydrogens is 198 g/mol. The summed E-state index contributed by atoms with van der Waals surface area (Å²) < 4.78 is 0. The lowest BCUT2D eigenvalue weighted by Crippen LogP contribution is -2.46. The van der Waals surface area contributed by atoms with Crippen LogP contribution in [-0.2, 0) is 4.79 Å². The van der Waals surface area contributed by atoms with E-state index in [-0.39, 0.29) is 6.03 Å². The average molecular weight is 215 g/mol. The Morgan fingerprint density at radius 3 is 2.80 bits per heavy atom. The number of nitrogens with zero attached hydrogens (tertiary/aromatic N) is 1. The maximum Gasteiger partial charge on any atom is 0.325 e. The molecule has 15 heavy (non-hydrogen) atoms. The molecule has 0 aromatic rings. The van der Waals surface area contributed by atoms with Crippen molar-refractivity contribution in [1.29, 1.82) is 0 Å². The topological polar surface area (TPSA) is 95.7 Å². The molecule has 0 radical (unpaired) electrons. The van der Waals surface area contributed by atoms with Gasteiger partial charge in [-0.25, -0.2) is 4.79 Å². The molecule has 2 amide bonds. The third-order valence-electron chi connectivity index (χ3n) is 2.62. The number of nitrogens with one attached hydrogen (secondary N) is 1. The molecule has 86 valence electrons. The van der Waals surface area contributed by atoms with Gasteiger partial charge in [-0.1, -0.05) is 0 Å². The number of carboxylic acid groups (broad SMARTS) is 1. The summed E-state index contributed by atoms with van der Waals surface area (Å²) in [6.07, 6.45) is 0.894. The third-order valence-corrected chi connectivity index (χ3v) is 2.62. The maximum absolute atomic E-state index is 11.5. The van der Waals surface area contributed by atoms with Crippen LogP contribution in [0.25, 0.3) is 0 Å². The molecule has 1 unspecified atom stereocenters. The van der Waals surface area contributed by atoms with Gasteiger partial charge >= 0.3 is 12.0 Å². The van der Waals surface area contributed by atoms with Crippen LogP contribution in [0.3, 0.4) is 0 Å². The maximum atomic E-state index is 11.5. The van der Waals surface area contributed by atoms with Gasteiger partial charge in [-0.2, -0.15) is 0 Å². The Hall–Kier alpha value is -1.30. The van der Waals surface area contributed by atoms with E-state index in [4.69, 9.17) is 10.8 Å². The van der Waals surface area contributed by atoms with Crippen molar-refractivity contribution < 1.29 is 14.7 Å². The van der Waals surface area contributed by atoms with Crippen LogP contribution in [0.5, 0.6) is 0 Å². The van der Waals surface area contributed by atoms with E-state index in [0.717, 1.165) is 6.42 Å². The number of hydrogen-bond donors (Lipinski definition) is 3. The zero-order valence-electron chi connectivity index (χ0n) is 8.77. The SMILES string of the molecule is C[C@H](NC(=O)N1CCC(CN)C1)C(=O)O. The number of likely N-dealkylation sites (tertiary alicyclic amines) is 1. The van der Waals surface area contributed by atoms with E-state index in [1.54, 1.807) is 4.90 Å². The van der Waals surface area contributed by atoms with Crippen LogP contribution in [0, 0.1) is 5.92 Å². The monoisotopic (exact) mass is 215 g/mol. The fourth-order valence-corrected chi connectivity index (χ4v) is 1.55. The molecule has 6 heteroatoms. The molecule has 0 aromatic carbocycles. The van der Waals surface area contributed by atoms with Crippen LogP contribution in [0.1, 0.15) is 13.3 Å². The van der Waals surface area contributed by atoms with E-state index in [9.17, 15) is 9.59 Å². The van der Waals surface area contributed by atoms with Crippen LogP contribution < -0.4 is 11.1 Å². The van der Waals surface area contributed by atoms with E-state index < -0.39 is 12.0 Å². The van der Waals surface area contributed by atoms with Gasteiger partial charge in [0.2, 0.25) is 0 Å². The van der Waals surface area contributed by atoms with Crippen molar-refractivity contribution in [2.24, 2.45) is 11.7 Å². The molecule has 1 rings (SSSR count). The lowest BCUT2D eigenvalue weighted by Gasteiger charge is -2.18. The molecule has 1 aliphatic rings. The Morgan fingerprint density at radius 1 is 1.67 bits per heavy atom. The molecule has 1 aliphatic heterocycles. The van der Waals surface area contributed by atoms with Crippen molar-refractivity contribution in [3.63, 3.8) is 0 Å². The predicted octanol–water partition coefficient (Wildman–Crippen LogP) is -0.550. The minimum atomic E-state index is -1.03. The smallest absolute Gasteiger partial charge is 0.325 e. The second-order valence-corrected chi connectivity index (χ2v) is 3.85. The molecule has 0 aliphatic carbocycles. The van der Waals surface area contributed by atoms with Crippen molar-refractivity contribution in [1.82, 2.24) is 10.2 Å². The number of hydrogen-bond acceptors (Lipinski definition) is 3. The standard InChI is InChI=1S/C9H17N3O3/c1-6(8(13)14)11-9(15)12-3-2-7(4-10)5-12/h6-7H,2-5,10H2,1H3,(H,11,15)(H,13,14)/t6-,7?/m0/s1. The lowest BCUT2D eigenvalue weighted by molar-refractivity contribution is -0.138. The number of carbonyl (C=O) groups is 2. The highest BCUT2D eigenvalue weighted by Gasteiger charge is 2.26. The molecular formula is C9H17N3O3. The summed E-state index contributed by atoms with van der Waals surface area (Å²) in [5.74, 6) is -0.686. The van der Waals surface area contributed by atoms with Gasteiger partial charge in [0.15, 0.2) is 0 Å². The van der Waals surface area contributed by atoms with E-state index in [2.05, 4.69) is 5.32 Å². The van der Waals surface area contributed by atoms with Crippen LogP contribution in [0.15, 0.2) is 0 Å². The summed E-state index contributed by atoms with van der Waals surface area (Å²) in [7, 11) is 0. The number of carboxylic acids is 1. The van der Waals surface area contributed by atoms with Crippen LogP contribution in [0.4, 0.5) is 4.79 Å². The molecule has 1 heterocycles. The first kappa shape index (κ1) is 11.8. The first-order chi connectivity index (χ1) is 7.04. The number of carbonyl (C=O) groups excluding carboxylic acids is 1. The third kappa shape index (κ3) is 3.09. The van der Waals surface area contributed by atoms with Crippen LogP contribution >= 0.6 is 0 Å². The van der Waals surface area contributed by atoms with Crippen molar-refractivity contribution in [2.45, 2.75) is 19.4 Å². The summed E-state index contributed by atoms with van der Waals surface area (Å²) in [5.41, 5.74) is 5.49. The van der Waals surface area contributed by atoms with Gasteiger partial charge in [0.1, 0.15) is 6.04 Å². The highest BCUT2D eigenvalue weighted by molar-refractivity contribution is 5.82. The summed E-state index contributed by atoms with van der Waals surface area (Å²) in [5, 5.41) is 11.0. The Kier molecular flexibility index (Phi) is 3.90. The van der Waals surface area contributed by atoms with Gasteiger partial charge in [-0.05, 0) is 25.8 Å². The number of urea groups is 1. The quantitative estimate of drug-likeness (QED) is 0.588. The van der Waals surface area contributed by atoms with Gasteiger partial charge < -0.3 is 21.1 Å². The van der Waals surface area contributed by atoms with Crippen molar-refractivity contribution >= 4 is 12.0 Å². The van der Waals surface area contributed by atoms with E-state index in [1.807, 2.05) is 0 Å². The number of rotatable bonds is 3. The largest absolute Gasteiger partial charge is 0.480 e. The van der Waals surface area contributed by atoms with E-state index in [1.165, 1.54) is 6.92 Å². The molecule has 0 spiro atoms. The van der Waals surface area contributed by atoms with Crippen molar-refractivity contribution in [2.75, 3.05) is 19.6 Å². The highest BCUT2D eigenvalue weighted by atomic mass is 16.4. The molecule has 0 saturated carbocycles. The van der Waals surface area contributed by atoms with Gasteiger partial charge in [-0.3, -0.25) is 4.79 Å². The summed E-state index contributed by atoms with van der Waals surface area (Å²) in [6.45, 7) is 3.28. The van der Waals surface area contributed by atoms with Crippen molar-refractivity contribution in [3.8, 4) is 0 Å². The van der Waals surface area contributed by atoms with Crippen molar-refractivity contribution in [3.05, 3.63) is 0 Å². The van der Waals surface area contributed by atoms with Gasteiger partial charge in [0, 0.05) is 13.1 Å². The molecule has 0 aromatic heterocycles. The zero-order chi connectivity index (χ0) is 11.4. The summed E-state index contributed by atoms with van der Waals surface area (Å²) in [4.78, 5) is 23.7. The fourth-order valence-electron chi connectivity index (χ4n) is 1.55. The minimum Gasteiger partial charge on any atom is -0.480 e. The highest BCUT2D eigenvalue weighted by Crippen LogP contribution is 2.14. The number of amides is 2. The van der Waals surface area contributed by atoms with Gasteiger partial charge in [0.25, 0.3) is 0 Å². The number of nitrogens with two attached hydrogens (primary N) is 1. The number of aliphatic carboxylic acids is 1.